The molecule has 0 atom stereocenters. The first-order valence-corrected chi connectivity index (χ1v) is 11.3. The molecule has 0 aromatic heterocycles. The zero-order valence-corrected chi connectivity index (χ0v) is 19.4. The summed E-state index contributed by atoms with van der Waals surface area (Å²) in [5.74, 6) is 1.67. The van der Waals surface area contributed by atoms with Crippen LogP contribution in [0.4, 0.5) is 0 Å². The molecule has 0 aliphatic heterocycles. The Morgan fingerprint density at radius 2 is 1.27 bits per heavy atom. The number of hydrogen-bond donors (Lipinski definition) is 0. The third-order valence-corrected chi connectivity index (χ3v) is 6.23. The first-order valence-electron chi connectivity index (χ1n) is 11.3. The molecule has 3 aromatic rings. The van der Waals surface area contributed by atoms with Crippen molar-refractivity contribution in [3.05, 3.63) is 138 Å². The molecule has 1 aliphatic carbocycles. The summed E-state index contributed by atoms with van der Waals surface area (Å²) in [7, 11) is 0. The molecule has 4 rings (SSSR count). The standard InChI is InChI=1S/C31H30O2/c1-5-10-28-23(4)31(30-12-9-8-11-29(28)30,24-13-17-26(18-14-24)32-21-6-2)25-15-19-27(20-16-25)33-22-7-3/h5-20H,2-3,21-22H2,1,4H3/b10-5-. The molecule has 33 heavy (non-hydrogen) atoms. The van der Waals surface area contributed by atoms with Gasteiger partial charge < -0.3 is 9.47 Å². The molecule has 0 saturated heterocycles. The summed E-state index contributed by atoms with van der Waals surface area (Å²) in [6, 6.07) is 25.6. The minimum absolute atomic E-state index is 0.403. The topological polar surface area (TPSA) is 18.5 Å². The lowest BCUT2D eigenvalue weighted by Gasteiger charge is -2.34. The van der Waals surface area contributed by atoms with Gasteiger partial charge in [0.25, 0.3) is 0 Å². The van der Waals surface area contributed by atoms with E-state index in [-0.39, 0.29) is 0 Å². The Labute approximate surface area is 197 Å². The summed E-state index contributed by atoms with van der Waals surface area (Å²) in [5, 5.41) is 0. The average Bonchev–Trinajstić information content (AvgIpc) is 3.11. The molecule has 0 amide bonds. The summed E-state index contributed by atoms with van der Waals surface area (Å²) < 4.78 is 11.5. The molecule has 2 heteroatoms. The molecule has 0 spiro atoms. The van der Waals surface area contributed by atoms with Crippen LogP contribution in [0.1, 0.15) is 36.1 Å². The zero-order valence-electron chi connectivity index (χ0n) is 19.4. The Morgan fingerprint density at radius 1 is 0.758 bits per heavy atom. The molecule has 0 N–H and O–H groups in total. The highest BCUT2D eigenvalue weighted by molar-refractivity contribution is 5.89. The Bertz CT molecular complexity index is 1140. The van der Waals surface area contributed by atoms with E-state index in [1.54, 1.807) is 12.2 Å². The van der Waals surface area contributed by atoms with Gasteiger partial charge in [-0.25, -0.2) is 0 Å². The van der Waals surface area contributed by atoms with Crippen LogP contribution < -0.4 is 9.47 Å². The highest BCUT2D eigenvalue weighted by Gasteiger charge is 2.45. The van der Waals surface area contributed by atoms with Crippen molar-refractivity contribution < 1.29 is 9.47 Å². The number of allylic oxidation sites excluding steroid dienone is 4. The lowest BCUT2D eigenvalue weighted by molar-refractivity contribution is 0.363. The molecule has 0 bridgehead atoms. The maximum Gasteiger partial charge on any atom is 0.119 e. The van der Waals surface area contributed by atoms with Crippen molar-refractivity contribution in [1.29, 1.82) is 0 Å². The summed E-state index contributed by atoms with van der Waals surface area (Å²) in [6.45, 7) is 12.8. The third-order valence-electron chi connectivity index (χ3n) is 6.23. The van der Waals surface area contributed by atoms with E-state index in [0.29, 0.717) is 13.2 Å². The van der Waals surface area contributed by atoms with Gasteiger partial charge in [-0.15, -0.1) is 0 Å². The lowest BCUT2D eigenvalue weighted by Crippen LogP contribution is -2.29. The summed E-state index contributed by atoms with van der Waals surface area (Å²) in [4.78, 5) is 0. The van der Waals surface area contributed by atoms with E-state index < -0.39 is 5.41 Å². The fourth-order valence-corrected chi connectivity index (χ4v) is 4.86. The predicted octanol–water partition coefficient (Wildman–Crippen LogP) is 7.51. The normalized spacial score (nSPS) is 14.2. The van der Waals surface area contributed by atoms with Gasteiger partial charge in [0.1, 0.15) is 24.7 Å². The van der Waals surface area contributed by atoms with Gasteiger partial charge in [0, 0.05) is 0 Å². The van der Waals surface area contributed by atoms with Gasteiger partial charge in [-0.3, -0.25) is 0 Å². The quantitative estimate of drug-likeness (QED) is 0.324. The smallest absolute Gasteiger partial charge is 0.119 e. The van der Waals surface area contributed by atoms with Gasteiger partial charge in [0.2, 0.25) is 0 Å². The molecule has 3 aromatic carbocycles. The minimum Gasteiger partial charge on any atom is -0.490 e. The van der Waals surface area contributed by atoms with Gasteiger partial charge in [-0.05, 0) is 71.5 Å². The van der Waals surface area contributed by atoms with E-state index in [1.807, 2.05) is 24.3 Å². The summed E-state index contributed by atoms with van der Waals surface area (Å²) in [5.41, 5.74) is 7.14. The average molecular weight is 435 g/mol. The number of hydrogen-bond acceptors (Lipinski definition) is 2. The maximum absolute atomic E-state index is 5.75. The first kappa shape index (κ1) is 22.4. The van der Waals surface area contributed by atoms with Crippen LogP contribution in [-0.2, 0) is 5.41 Å². The number of benzene rings is 3. The molecule has 0 unspecified atom stereocenters. The van der Waals surface area contributed by atoms with Gasteiger partial charge in [0.15, 0.2) is 0 Å². The molecule has 2 nitrogen and oxygen atoms in total. The molecule has 0 radical (unpaired) electrons. The molecule has 0 saturated carbocycles. The Hall–Kier alpha value is -3.78. The van der Waals surface area contributed by atoms with Crippen molar-refractivity contribution >= 4 is 5.57 Å². The van der Waals surface area contributed by atoms with Crippen LogP contribution in [0.2, 0.25) is 0 Å². The third kappa shape index (κ3) is 3.93. The Kier molecular flexibility index (Phi) is 6.65. The SMILES string of the molecule is C=CCOc1ccc(C2(c3ccc(OCC=C)cc3)C(C)=C(/C=C\C)c3ccccc32)cc1. The summed E-state index contributed by atoms with van der Waals surface area (Å²) >= 11 is 0. The van der Waals surface area contributed by atoms with E-state index in [9.17, 15) is 0 Å². The monoisotopic (exact) mass is 434 g/mol. The van der Waals surface area contributed by atoms with Gasteiger partial charge in [-0.1, -0.05) is 86.0 Å². The van der Waals surface area contributed by atoms with Crippen LogP contribution >= 0.6 is 0 Å². The van der Waals surface area contributed by atoms with E-state index in [0.717, 1.165) is 11.5 Å². The molecule has 0 fully saturated rings. The van der Waals surface area contributed by atoms with Gasteiger partial charge >= 0.3 is 0 Å². The predicted molar refractivity (Wildman–Crippen MR) is 138 cm³/mol. The zero-order chi connectivity index (χ0) is 23.3. The molecular weight excluding hydrogens is 404 g/mol. The van der Waals surface area contributed by atoms with Crippen LogP contribution in [0, 0.1) is 0 Å². The van der Waals surface area contributed by atoms with Crippen molar-refractivity contribution in [3.8, 4) is 11.5 Å². The molecule has 0 heterocycles. The Balaban J connectivity index is 1.94. The van der Waals surface area contributed by atoms with Crippen LogP contribution in [-0.4, -0.2) is 13.2 Å². The lowest BCUT2D eigenvalue weighted by atomic mass is 9.67. The molecule has 166 valence electrons. The van der Waals surface area contributed by atoms with Gasteiger partial charge in [0.05, 0.1) is 5.41 Å². The Morgan fingerprint density at radius 3 is 1.76 bits per heavy atom. The van der Waals surface area contributed by atoms with Crippen LogP contribution in [0.5, 0.6) is 11.5 Å². The van der Waals surface area contributed by atoms with Crippen molar-refractivity contribution in [3.63, 3.8) is 0 Å². The van der Waals surface area contributed by atoms with Crippen LogP contribution in [0.15, 0.2) is 116 Å². The fraction of sp³-hybridized carbons (Fsp3) is 0.161. The first-order chi connectivity index (χ1) is 16.2. The summed E-state index contributed by atoms with van der Waals surface area (Å²) in [6.07, 6.45) is 7.85. The second-order valence-corrected chi connectivity index (χ2v) is 8.08. The van der Waals surface area contributed by atoms with Crippen molar-refractivity contribution in [2.24, 2.45) is 0 Å². The molecule has 1 aliphatic rings. The highest BCUT2D eigenvalue weighted by atomic mass is 16.5. The highest BCUT2D eigenvalue weighted by Crippen LogP contribution is 2.54. The fourth-order valence-electron chi connectivity index (χ4n) is 4.86. The van der Waals surface area contributed by atoms with E-state index >= 15 is 0 Å². The van der Waals surface area contributed by atoms with Crippen molar-refractivity contribution in [2.75, 3.05) is 13.2 Å². The minimum atomic E-state index is -0.403. The number of rotatable bonds is 9. The van der Waals surface area contributed by atoms with E-state index in [4.69, 9.17) is 9.47 Å². The van der Waals surface area contributed by atoms with Crippen LogP contribution in [0.25, 0.3) is 5.57 Å². The number of fused-ring (bicyclic) bond motifs is 1. The van der Waals surface area contributed by atoms with E-state index in [2.05, 4.69) is 87.7 Å². The largest absolute Gasteiger partial charge is 0.490 e. The maximum atomic E-state index is 5.75. The van der Waals surface area contributed by atoms with Gasteiger partial charge in [-0.2, -0.15) is 0 Å². The van der Waals surface area contributed by atoms with Crippen molar-refractivity contribution in [1.82, 2.24) is 0 Å². The second kappa shape index (κ2) is 9.79. The van der Waals surface area contributed by atoms with E-state index in [1.165, 1.54) is 33.4 Å². The van der Waals surface area contributed by atoms with Crippen molar-refractivity contribution in [2.45, 2.75) is 19.3 Å². The number of ether oxygens (including phenoxy) is 2. The van der Waals surface area contributed by atoms with Crippen LogP contribution in [0.3, 0.4) is 0 Å². The second-order valence-electron chi connectivity index (χ2n) is 8.08. The molecular formula is C31H30O2.